The lowest BCUT2D eigenvalue weighted by Gasteiger charge is -2.11. The molecule has 0 aliphatic rings. The van der Waals surface area contributed by atoms with E-state index < -0.39 is 39.1 Å². The quantitative estimate of drug-likeness (QED) is 0.549. The molecule has 0 fully saturated rings. The van der Waals surface area contributed by atoms with Gasteiger partial charge in [-0.25, -0.2) is 17.8 Å². The van der Waals surface area contributed by atoms with Crippen molar-refractivity contribution in [3.63, 3.8) is 0 Å². The highest BCUT2D eigenvalue weighted by Crippen LogP contribution is 2.30. The number of carbonyl (C=O) groups is 1. The number of amides is 1. The van der Waals surface area contributed by atoms with Crippen molar-refractivity contribution in [2.75, 3.05) is 13.1 Å². The topological polar surface area (TPSA) is 93.1 Å². The van der Waals surface area contributed by atoms with Crippen molar-refractivity contribution in [1.29, 1.82) is 0 Å². The lowest BCUT2D eigenvalue weighted by Crippen LogP contribution is -2.37. The molecule has 7 nitrogen and oxygen atoms in total. The predicted octanol–water partition coefficient (Wildman–Crippen LogP) is 2.53. The number of alkyl halides is 3. The summed E-state index contributed by atoms with van der Waals surface area (Å²) in [6.07, 6.45) is -0.661. The van der Waals surface area contributed by atoms with E-state index in [1.165, 1.54) is 0 Å². The Morgan fingerprint density at radius 3 is 2.45 bits per heavy atom. The van der Waals surface area contributed by atoms with E-state index in [4.69, 9.17) is 0 Å². The molecule has 0 unspecified atom stereocenters. The monoisotopic (exact) mass is 452 g/mol. The van der Waals surface area contributed by atoms with Gasteiger partial charge in [-0.15, -0.1) is 0 Å². The molecule has 3 rings (SSSR count). The Morgan fingerprint density at radius 1 is 1.06 bits per heavy atom. The average Bonchev–Trinajstić information content (AvgIpc) is 3.27. The summed E-state index contributed by atoms with van der Waals surface area (Å²) >= 11 is 0. The second-order valence-corrected chi connectivity index (χ2v) is 8.33. The van der Waals surface area contributed by atoms with E-state index in [-0.39, 0.29) is 6.54 Å². The first-order valence-corrected chi connectivity index (χ1v) is 10.7. The van der Waals surface area contributed by atoms with Crippen LogP contribution < -0.4 is 10.0 Å². The molecule has 164 valence electrons. The minimum absolute atomic E-state index is 0.269. The summed E-state index contributed by atoms with van der Waals surface area (Å²) in [5.41, 5.74) is 0.765. The molecule has 31 heavy (non-hydrogen) atoms. The van der Waals surface area contributed by atoms with E-state index in [1.54, 1.807) is 10.9 Å². The van der Waals surface area contributed by atoms with Gasteiger partial charge < -0.3 is 5.32 Å². The van der Waals surface area contributed by atoms with Gasteiger partial charge in [0.05, 0.1) is 22.7 Å². The SMILES string of the molecule is O=C(CNS(=O)(=O)c1cccc(C(F)(F)F)c1)NCCc1ccc(-n2cccn2)cc1. The molecule has 1 aromatic heterocycles. The smallest absolute Gasteiger partial charge is 0.355 e. The van der Waals surface area contributed by atoms with Crippen LogP contribution in [0, 0.1) is 0 Å². The molecule has 0 radical (unpaired) electrons. The van der Waals surface area contributed by atoms with Crippen LogP contribution in [0.1, 0.15) is 11.1 Å². The van der Waals surface area contributed by atoms with Crippen molar-refractivity contribution in [3.05, 3.63) is 78.1 Å². The summed E-state index contributed by atoms with van der Waals surface area (Å²) in [6, 6.07) is 12.7. The van der Waals surface area contributed by atoms with Gasteiger partial charge in [-0.1, -0.05) is 18.2 Å². The van der Waals surface area contributed by atoms with Crippen LogP contribution in [0.3, 0.4) is 0 Å². The van der Waals surface area contributed by atoms with Gasteiger partial charge in [0, 0.05) is 18.9 Å². The zero-order valence-electron chi connectivity index (χ0n) is 16.1. The fourth-order valence-corrected chi connectivity index (χ4v) is 3.76. The number of halogens is 3. The Kier molecular flexibility index (Phi) is 6.76. The second-order valence-electron chi connectivity index (χ2n) is 6.57. The number of benzene rings is 2. The van der Waals surface area contributed by atoms with Gasteiger partial charge in [0.1, 0.15) is 0 Å². The maximum absolute atomic E-state index is 12.8. The van der Waals surface area contributed by atoms with Crippen molar-refractivity contribution < 1.29 is 26.4 Å². The molecule has 0 aliphatic heterocycles. The summed E-state index contributed by atoms with van der Waals surface area (Å²) in [4.78, 5) is 11.4. The number of nitrogens with one attached hydrogen (secondary N) is 2. The summed E-state index contributed by atoms with van der Waals surface area (Å²) in [6.45, 7) is -0.317. The second kappa shape index (κ2) is 9.31. The zero-order valence-corrected chi connectivity index (χ0v) is 16.9. The Morgan fingerprint density at radius 2 is 1.81 bits per heavy atom. The Bertz CT molecular complexity index is 1130. The molecule has 3 aromatic rings. The summed E-state index contributed by atoms with van der Waals surface area (Å²) < 4.78 is 66.3. The number of carbonyl (C=O) groups excluding carboxylic acids is 1. The van der Waals surface area contributed by atoms with Crippen LogP contribution >= 0.6 is 0 Å². The van der Waals surface area contributed by atoms with E-state index in [0.717, 1.165) is 29.4 Å². The Balaban J connectivity index is 1.48. The van der Waals surface area contributed by atoms with Crippen LogP contribution in [0.2, 0.25) is 0 Å². The maximum Gasteiger partial charge on any atom is 0.416 e. The minimum atomic E-state index is -4.67. The summed E-state index contributed by atoms with van der Waals surface area (Å²) in [5.74, 6) is -0.594. The number of hydrogen-bond acceptors (Lipinski definition) is 4. The van der Waals surface area contributed by atoms with Crippen LogP contribution in [0.4, 0.5) is 13.2 Å². The lowest BCUT2D eigenvalue weighted by atomic mass is 10.1. The Labute approximate surface area is 176 Å². The van der Waals surface area contributed by atoms with Gasteiger partial charge in [0.15, 0.2) is 0 Å². The highest BCUT2D eigenvalue weighted by Gasteiger charge is 2.31. The highest BCUT2D eigenvalue weighted by atomic mass is 32.2. The van der Waals surface area contributed by atoms with E-state index in [9.17, 15) is 26.4 Å². The largest absolute Gasteiger partial charge is 0.416 e. The zero-order chi connectivity index (χ0) is 22.5. The molecular formula is C20H19F3N4O3S. The number of nitrogens with zero attached hydrogens (tertiary/aromatic N) is 2. The van der Waals surface area contributed by atoms with Crippen molar-refractivity contribution in [2.24, 2.45) is 0 Å². The fraction of sp³-hybridized carbons (Fsp3) is 0.200. The van der Waals surface area contributed by atoms with Crippen molar-refractivity contribution in [3.8, 4) is 5.69 Å². The van der Waals surface area contributed by atoms with E-state index in [1.807, 2.05) is 41.3 Å². The van der Waals surface area contributed by atoms with Crippen molar-refractivity contribution in [1.82, 2.24) is 19.8 Å². The minimum Gasteiger partial charge on any atom is -0.355 e. The molecule has 0 saturated heterocycles. The van der Waals surface area contributed by atoms with Crippen LogP contribution in [0.15, 0.2) is 71.9 Å². The highest BCUT2D eigenvalue weighted by molar-refractivity contribution is 7.89. The first kappa shape index (κ1) is 22.5. The van der Waals surface area contributed by atoms with E-state index >= 15 is 0 Å². The number of rotatable bonds is 8. The molecule has 11 heteroatoms. The molecule has 1 heterocycles. The maximum atomic E-state index is 12.8. The predicted molar refractivity (Wildman–Crippen MR) is 107 cm³/mol. The number of sulfonamides is 1. The molecule has 1 amide bonds. The van der Waals surface area contributed by atoms with Gasteiger partial charge >= 0.3 is 6.18 Å². The van der Waals surface area contributed by atoms with Crippen LogP contribution in [-0.2, 0) is 27.4 Å². The number of hydrogen-bond donors (Lipinski definition) is 2. The third kappa shape index (κ3) is 6.15. The van der Waals surface area contributed by atoms with Crippen molar-refractivity contribution >= 4 is 15.9 Å². The normalized spacial score (nSPS) is 12.0. The van der Waals surface area contributed by atoms with E-state index in [2.05, 4.69) is 10.4 Å². The molecule has 0 aliphatic carbocycles. The molecular weight excluding hydrogens is 433 g/mol. The van der Waals surface area contributed by atoms with E-state index in [0.29, 0.717) is 12.5 Å². The third-order valence-corrected chi connectivity index (χ3v) is 5.73. The summed E-state index contributed by atoms with van der Waals surface area (Å²) in [7, 11) is -4.26. The van der Waals surface area contributed by atoms with Crippen LogP contribution in [0.5, 0.6) is 0 Å². The molecule has 2 aromatic carbocycles. The third-order valence-electron chi connectivity index (χ3n) is 4.34. The van der Waals surface area contributed by atoms with Gasteiger partial charge in [0.2, 0.25) is 15.9 Å². The first-order valence-electron chi connectivity index (χ1n) is 9.18. The van der Waals surface area contributed by atoms with Crippen LogP contribution in [-0.4, -0.2) is 37.2 Å². The van der Waals surface area contributed by atoms with Gasteiger partial charge in [-0.3, -0.25) is 4.79 Å². The molecule has 0 atom stereocenters. The van der Waals surface area contributed by atoms with Gasteiger partial charge in [0.25, 0.3) is 0 Å². The Hall–Kier alpha value is -3.18. The molecule has 0 spiro atoms. The molecule has 0 bridgehead atoms. The van der Waals surface area contributed by atoms with Crippen molar-refractivity contribution in [2.45, 2.75) is 17.5 Å². The number of aromatic nitrogens is 2. The van der Waals surface area contributed by atoms with Gasteiger partial charge in [-0.2, -0.15) is 18.3 Å². The first-order chi connectivity index (χ1) is 14.6. The van der Waals surface area contributed by atoms with Gasteiger partial charge in [-0.05, 0) is 48.4 Å². The average molecular weight is 452 g/mol. The van der Waals surface area contributed by atoms with Crippen LogP contribution in [0.25, 0.3) is 5.69 Å². The molecule has 2 N–H and O–H groups in total. The summed E-state index contributed by atoms with van der Waals surface area (Å²) in [5, 5.41) is 6.70. The standard InChI is InChI=1S/C20H19F3N4O3S/c21-20(22,23)16-3-1-4-18(13-16)31(29,30)26-14-19(28)24-11-9-15-5-7-17(8-6-15)27-12-2-10-25-27/h1-8,10,12-13,26H,9,11,14H2,(H,24,28). The lowest BCUT2D eigenvalue weighted by molar-refractivity contribution is -0.137. The fourth-order valence-electron chi connectivity index (χ4n) is 2.73. The molecule has 0 saturated carbocycles.